The molecule has 0 radical (unpaired) electrons. The predicted molar refractivity (Wildman–Crippen MR) is 84.3 cm³/mol. The monoisotopic (exact) mass is 276 g/mol. The van der Waals surface area contributed by atoms with Crippen LogP contribution in [0.1, 0.15) is 32.1 Å². The third-order valence-corrected chi connectivity index (χ3v) is 5.34. The van der Waals surface area contributed by atoms with Gasteiger partial charge in [-0.25, -0.2) is 0 Å². The van der Waals surface area contributed by atoms with E-state index in [1.54, 1.807) is 0 Å². The summed E-state index contributed by atoms with van der Waals surface area (Å²) in [7, 11) is 0. The smallest absolute Gasteiger partial charge is 0.0367 e. The van der Waals surface area contributed by atoms with Crippen molar-refractivity contribution in [3.05, 3.63) is 24.3 Å². The molecule has 2 nitrogen and oxygen atoms in total. The molecule has 0 unspecified atom stereocenters. The third-order valence-electron chi connectivity index (χ3n) is 4.60. The van der Waals surface area contributed by atoms with Crippen LogP contribution in [0.15, 0.2) is 29.2 Å². The number of hydrogen-bond donors (Lipinski definition) is 1. The first-order valence-electron chi connectivity index (χ1n) is 7.45. The van der Waals surface area contributed by atoms with E-state index >= 15 is 0 Å². The minimum absolute atomic E-state index is 0.397. The van der Waals surface area contributed by atoms with Gasteiger partial charge in [0.15, 0.2) is 0 Å². The number of rotatable bonds is 2. The summed E-state index contributed by atoms with van der Waals surface area (Å²) in [6.07, 6.45) is 8.89. The Morgan fingerprint density at radius 1 is 1.11 bits per heavy atom. The largest absolute Gasteiger partial charge is 0.370 e. The van der Waals surface area contributed by atoms with E-state index in [2.05, 4.69) is 40.7 Å². The van der Waals surface area contributed by atoms with E-state index in [-0.39, 0.29) is 0 Å². The minimum atomic E-state index is 0.397. The molecule has 19 heavy (non-hydrogen) atoms. The Kier molecular flexibility index (Phi) is 4.04. The summed E-state index contributed by atoms with van der Waals surface area (Å²) in [5.74, 6) is 0. The third kappa shape index (κ3) is 2.92. The average molecular weight is 276 g/mol. The quantitative estimate of drug-likeness (QED) is 0.832. The molecule has 2 aliphatic rings. The molecule has 1 N–H and O–H groups in total. The van der Waals surface area contributed by atoms with Gasteiger partial charge < -0.3 is 10.2 Å². The first-order valence-corrected chi connectivity index (χ1v) is 8.68. The summed E-state index contributed by atoms with van der Waals surface area (Å²) in [6.45, 7) is 3.55. The summed E-state index contributed by atoms with van der Waals surface area (Å²) in [4.78, 5) is 3.95. The van der Waals surface area contributed by atoms with Crippen LogP contribution in [0.5, 0.6) is 0 Å². The van der Waals surface area contributed by atoms with E-state index in [0.717, 1.165) is 0 Å². The van der Waals surface area contributed by atoms with Crippen LogP contribution in [0.2, 0.25) is 0 Å². The molecule has 3 rings (SSSR count). The van der Waals surface area contributed by atoms with Gasteiger partial charge in [0.2, 0.25) is 0 Å². The van der Waals surface area contributed by atoms with Gasteiger partial charge in [-0.05, 0) is 56.3 Å². The Morgan fingerprint density at radius 2 is 1.84 bits per heavy atom. The van der Waals surface area contributed by atoms with Crippen LogP contribution < -0.4 is 10.2 Å². The lowest BCUT2D eigenvalue weighted by atomic mass is 9.97. The maximum Gasteiger partial charge on any atom is 0.0367 e. The fraction of sp³-hybridized carbons (Fsp3) is 0.625. The highest BCUT2D eigenvalue weighted by molar-refractivity contribution is 7.98. The van der Waals surface area contributed by atoms with Gasteiger partial charge in [-0.1, -0.05) is 12.8 Å². The Morgan fingerprint density at radius 3 is 2.53 bits per heavy atom. The summed E-state index contributed by atoms with van der Waals surface area (Å²) in [5, 5.41) is 3.83. The lowest BCUT2D eigenvalue weighted by molar-refractivity contribution is 0.354. The molecule has 1 spiro atoms. The predicted octanol–water partition coefficient (Wildman–Crippen LogP) is 3.52. The highest BCUT2D eigenvalue weighted by Crippen LogP contribution is 2.33. The molecule has 3 heteroatoms. The molecule has 0 amide bonds. The van der Waals surface area contributed by atoms with Crippen molar-refractivity contribution in [2.24, 2.45) is 0 Å². The summed E-state index contributed by atoms with van der Waals surface area (Å²) in [6, 6.07) is 9.08. The SMILES string of the molecule is CSc1ccc(N2CCCNC3(CCCC3)C2)cc1. The number of anilines is 1. The fourth-order valence-corrected chi connectivity index (χ4v) is 3.93. The first-order chi connectivity index (χ1) is 9.31. The van der Waals surface area contributed by atoms with E-state index in [9.17, 15) is 0 Å². The summed E-state index contributed by atoms with van der Waals surface area (Å²) in [5.41, 5.74) is 1.79. The van der Waals surface area contributed by atoms with E-state index < -0.39 is 0 Å². The highest BCUT2D eigenvalue weighted by atomic mass is 32.2. The van der Waals surface area contributed by atoms with Crippen molar-refractivity contribution in [2.45, 2.75) is 42.5 Å². The van der Waals surface area contributed by atoms with Crippen LogP contribution in [0.4, 0.5) is 5.69 Å². The molecule has 1 aliphatic heterocycles. The van der Waals surface area contributed by atoms with Crippen molar-refractivity contribution in [3.8, 4) is 0 Å². The molecule has 1 saturated carbocycles. The number of nitrogens with one attached hydrogen (secondary N) is 1. The molecule has 1 aromatic carbocycles. The first kappa shape index (κ1) is 13.3. The highest BCUT2D eigenvalue weighted by Gasteiger charge is 2.36. The Labute approximate surface area is 121 Å². The topological polar surface area (TPSA) is 15.3 Å². The standard InChI is InChI=1S/C16H24N2S/c1-19-15-7-5-14(6-8-15)18-12-4-11-17-16(13-18)9-2-3-10-16/h5-8,17H,2-4,9-13H2,1H3. The van der Waals surface area contributed by atoms with Crippen LogP contribution >= 0.6 is 11.8 Å². The van der Waals surface area contributed by atoms with Crippen molar-refractivity contribution in [1.82, 2.24) is 5.32 Å². The van der Waals surface area contributed by atoms with Crippen LogP contribution in [0, 0.1) is 0 Å². The molecule has 1 aliphatic carbocycles. The van der Waals surface area contributed by atoms with E-state index in [1.807, 2.05) is 11.8 Å². The lowest BCUT2D eigenvalue weighted by Crippen LogP contribution is -2.49. The number of thioether (sulfide) groups is 1. The Balaban J connectivity index is 1.77. The van der Waals surface area contributed by atoms with Gasteiger partial charge in [0, 0.05) is 29.2 Å². The molecule has 2 fully saturated rings. The molecular formula is C16H24N2S. The second kappa shape index (κ2) is 5.76. The van der Waals surface area contributed by atoms with Crippen LogP contribution in [-0.4, -0.2) is 31.4 Å². The Hall–Kier alpha value is -0.670. The number of benzene rings is 1. The van der Waals surface area contributed by atoms with Crippen molar-refractivity contribution in [2.75, 3.05) is 30.8 Å². The zero-order valence-electron chi connectivity index (χ0n) is 11.8. The molecule has 1 saturated heterocycles. The zero-order valence-corrected chi connectivity index (χ0v) is 12.6. The van der Waals surface area contributed by atoms with Gasteiger partial charge >= 0.3 is 0 Å². The minimum Gasteiger partial charge on any atom is -0.370 e. The summed E-state index contributed by atoms with van der Waals surface area (Å²) < 4.78 is 0. The molecule has 104 valence electrons. The maximum atomic E-state index is 3.83. The average Bonchev–Trinajstić information content (AvgIpc) is 2.80. The van der Waals surface area contributed by atoms with Gasteiger partial charge in [0.1, 0.15) is 0 Å². The summed E-state index contributed by atoms with van der Waals surface area (Å²) >= 11 is 1.82. The van der Waals surface area contributed by atoms with Crippen molar-refractivity contribution < 1.29 is 0 Å². The molecule has 0 aromatic heterocycles. The van der Waals surface area contributed by atoms with Crippen LogP contribution in [0.3, 0.4) is 0 Å². The van der Waals surface area contributed by atoms with Crippen molar-refractivity contribution >= 4 is 17.4 Å². The van der Waals surface area contributed by atoms with E-state index in [4.69, 9.17) is 0 Å². The zero-order chi connectivity index (χ0) is 13.1. The van der Waals surface area contributed by atoms with Crippen molar-refractivity contribution in [1.29, 1.82) is 0 Å². The number of hydrogen-bond acceptors (Lipinski definition) is 3. The van der Waals surface area contributed by atoms with Gasteiger partial charge in [0.05, 0.1) is 0 Å². The molecule has 0 bridgehead atoms. The normalized spacial score (nSPS) is 22.7. The van der Waals surface area contributed by atoms with Gasteiger partial charge in [0.25, 0.3) is 0 Å². The number of nitrogens with zero attached hydrogens (tertiary/aromatic N) is 1. The van der Waals surface area contributed by atoms with Crippen molar-refractivity contribution in [3.63, 3.8) is 0 Å². The fourth-order valence-electron chi connectivity index (χ4n) is 3.52. The maximum absolute atomic E-state index is 3.83. The second-order valence-corrected chi connectivity index (χ2v) is 6.77. The molecule has 0 atom stereocenters. The van der Waals surface area contributed by atoms with Crippen LogP contribution in [0.25, 0.3) is 0 Å². The van der Waals surface area contributed by atoms with E-state index in [0.29, 0.717) is 5.54 Å². The van der Waals surface area contributed by atoms with Crippen LogP contribution in [-0.2, 0) is 0 Å². The van der Waals surface area contributed by atoms with Gasteiger partial charge in [-0.15, -0.1) is 11.8 Å². The molecule has 1 heterocycles. The van der Waals surface area contributed by atoms with Gasteiger partial charge in [-0.2, -0.15) is 0 Å². The molecular weight excluding hydrogens is 252 g/mol. The van der Waals surface area contributed by atoms with Gasteiger partial charge in [-0.3, -0.25) is 0 Å². The lowest BCUT2D eigenvalue weighted by Gasteiger charge is -2.34. The molecule has 1 aromatic rings. The Bertz CT molecular complexity index is 409. The van der Waals surface area contributed by atoms with E-state index in [1.165, 1.54) is 62.3 Å². The second-order valence-electron chi connectivity index (χ2n) is 5.89.